The number of hydrogen-bond donors (Lipinski definition) is 3. The maximum absolute atomic E-state index is 12.2. The largest absolute Gasteiger partial charge is 0.350 e. The Morgan fingerprint density at radius 1 is 1.14 bits per heavy atom. The molecule has 0 bridgehead atoms. The van der Waals surface area contributed by atoms with E-state index in [9.17, 15) is 9.59 Å². The number of carbonyl (C=O) groups is 1. The maximum Gasteiger partial charge on any atom is 0.323 e. The number of hydrogen-bond acceptors (Lipinski definition) is 2. The van der Waals surface area contributed by atoms with Crippen molar-refractivity contribution in [3.63, 3.8) is 0 Å². The number of amides is 1. The smallest absolute Gasteiger partial charge is 0.323 e. The van der Waals surface area contributed by atoms with Crippen molar-refractivity contribution in [1.29, 1.82) is 0 Å². The highest BCUT2D eigenvalue weighted by atomic mass is 16.2. The zero-order valence-corrected chi connectivity index (χ0v) is 12.5. The van der Waals surface area contributed by atoms with Gasteiger partial charge >= 0.3 is 5.69 Å². The van der Waals surface area contributed by atoms with Crippen LogP contribution in [-0.4, -0.2) is 22.4 Å². The zero-order valence-electron chi connectivity index (χ0n) is 12.5. The molecular formula is C17H21N3O2. The Labute approximate surface area is 129 Å². The third kappa shape index (κ3) is 2.98. The van der Waals surface area contributed by atoms with Gasteiger partial charge in [0.2, 0.25) is 0 Å². The van der Waals surface area contributed by atoms with Gasteiger partial charge in [0.05, 0.1) is 0 Å². The van der Waals surface area contributed by atoms with Crippen molar-refractivity contribution in [2.75, 3.05) is 6.54 Å². The van der Waals surface area contributed by atoms with E-state index in [1.165, 1.54) is 31.0 Å². The third-order valence-electron chi connectivity index (χ3n) is 4.62. The standard InChI is InChI=1S/C17H21N3O2/c21-15(14-11-18-16(22)20-14)19-12-17(9-5-2-6-10-17)13-7-3-1-4-8-13/h1,3-4,7-8,11H,2,5-6,9-10,12H2,(H,19,21)(H2,18,20,22). The molecular weight excluding hydrogens is 278 g/mol. The van der Waals surface area contributed by atoms with Gasteiger partial charge in [-0.05, 0) is 18.4 Å². The van der Waals surface area contributed by atoms with E-state index in [1.54, 1.807) is 0 Å². The molecule has 1 aliphatic carbocycles. The number of rotatable bonds is 4. The van der Waals surface area contributed by atoms with E-state index < -0.39 is 0 Å². The van der Waals surface area contributed by atoms with Crippen LogP contribution in [0.15, 0.2) is 41.3 Å². The van der Waals surface area contributed by atoms with Crippen molar-refractivity contribution >= 4 is 5.91 Å². The van der Waals surface area contributed by atoms with Crippen molar-refractivity contribution in [2.45, 2.75) is 37.5 Å². The van der Waals surface area contributed by atoms with Gasteiger partial charge < -0.3 is 15.3 Å². The Morgan fingerprint density at radius 2 is 1.86 bits per heavy atom. The van der Waals surface area contributed by atoms with Crippen LogP contribution in [0.4, 0.5) is 0 Å². The van der Waals surface area contributed by atoms with Gasteiger partial charge in [-0.3, -0.25) is 4.79 Å². The molecule has 116 valence electrons. The van der Waals surface area contributed by atoms with Crippen LogP contribution in [0.2, 0.25) is 0 Å². The molecule has 1 amide bonds. The molecule has 22 heavy (non-hydrogen) atoms. The van der Waals surface area contributed by atoms with Crippen LogP contribution in [0.3, 0.4) is 0 Å². The predicted molar refractivity (Wildman–Crippen MR) is 85.0 cm³/mol. The molecule has 1 saturated carbocycles. The van der Waals surface area contributed by atoms with Crippen LogP contribution in [-0.2, 0) is 5.41 Å². The van der Waals surface area contributed by atoms with E-state index in [0.717, 1.165) is 12.8 Å². The molecule has 1 aromatic carbocycles. The molecule has 0 aliphatic heterocycles. The lowest BCUT2D eigenvalue weighted by atomic mass is 9.69. The number of aromatic nitrogens is 2. The van der Waals surface area contributed by atoms with Gasteiger partial charge in [0, 0.05) is 18.2 Å². The lowest BCUT2D eigenvalue weighted by molar-refractivity contribution is 0.0932. The summed E-state index contributed by atoms with van der Waals surface area (Å²) in [5.41, 5.74) is 1.22. The second kappa shape index (κ2) is 6.22. The molecule has 3 N–H and O–H groups in total. The Kier molecular flexibility index (Phi) is 4.13. The van der Waals surface area contributed by atoms with Crippen LogP contribution in [0, 0.1) is 0 Å². The second-order valence-electron chi connectivity index (χ2n) is 6.05. The SMILES string of the molecule is O=C(NCC1(c2ccccc2)CCCCC1)c1c[nH]c(=O)[nH]1. The molecule has 3 rings (SSSR count). The summed E-state index contributed by atoms with van der Waals surface area (Å²) in [6.45, 7) is 0.600. The van der Waals surface area contributed by atoms with Crippen molar-refractivity contribution in [2.24, 2.45) is 0 Å². The molecule has 0 saturated heterocycles. The fourth-order valence-corrected chi connectivity index (χ4v) is 3.39. The minimum Gasteiger partial charge on any atom is -0.350 e. The second-order valence-corrected chi connectivity index (χ2v) is 6.05. The van der Waals surface area contributed by atoms with Crippen LogP contribution < -0.4 is 11.0 Å². The number of carbonyl (C=O) groups excluding carboxylic acids is 1. The maximum atomic E-state index is 12.2. The first kappa shape index (κ1) is 14.6. The average molecular weight is 299 g/mol. The van der Waals surface area contributed by atoms with Crippen molar-refractivity contribution in [1.82, 2.24) is 15.3 Å². The van der Waals surface area contributed by atoms with E-state index >= 15 is 0 Å². The van der Waals surface area contributed by atoms with Gasteiger partial charge in [-0.1, -0.05) is 49.6 Å². The summed E-state index contributed by atoms with van der Waals surface area (Å²) in [5.74, 6) is -0.237. The molecule has 0 radical (unpaired) electrons. The van der Waals surface area contributed by atoms with Crippen molar-refractivity contribution in [3.8, 4) is 0 Å². The fraction of sp³-hybridized carbons (Fsp3) is 0.412. The monoisotopic (exact) mass is 299 g/mol. The van der Waals surface area contributed by atoms with Gasteiger partial charge in [-0.15, -0.1) is 0 Å². The molecule has 2 aromatic rings. The summed E-state index contributed by atoms with van der Waals surface area (Å²) in [6.07, 6.45) is 7.21. The van der Waals surface area contributed by atoms with Gasteiger partial charge in [0.15, 0.2) is 0 Å². The Bertz CT molecular complexity index is 681. The summed E-state index contributed by atoms with van der Waals surface area (Å²) < 4.78 is 0. The van der Waals surface area contributed by atoms with E-state index in [2.05, 4.69) is 39.6 Å². The van der Waals surface area contributed by atoms with E-state index in [-0.39, 0.29) is 22.7 Å². The minimum atomic E-state index is -0.361. The van der Waals surface area contributed by atoms with Gasteiger partial charge in [-0.2, -0.15) is 0 Å². The highest BCUT2D eigenvalue weighted by Crippen LogP contribution is 2.38. The molecule has 5 nitrogen and oxygen atoms in total. The lowest BCUT2D eigenvalue weighted by Crippen LogP contribution is -2.42. The summed E-state index contributed by atoms with van der Waals surface area (Å²) >= 11 is 0. The fourth-order valence-electron chi connectivity index (χ4n) is 3.39. The number of imidazole rings is 1. The van der Waals surface area contributed by atoms with Gasteiger partial charge in [0.25, 0.3) is 5.91 Å². The first-order valence-corrected chi connectivity index (χ1v) is 7.81. The quantitative estimate of drug-likeness (QED) is 0.810. The van der Waals surface area contributed by atoms with Gasteiger partial charge in [-0.25, -0.2) is 4.79 Å². The number of benzene rings is 1. The van der Waals surface area contributed by atoms with E-state index in [4.69, 9.17) is 0 Å². The highest BCUT2D eigenvalue weighted by molar-refractivity contribution is 5.92. The summed E-state index contributed by atoms with van der Waals surface area (Å²) in [4.78, 5) is 28.2. The van der Waals surface area contributed by atoms with Gasteiger partial charge in [0.1, 0.15) is 5.69 Å². The van der Waals surface area contributed by atoms with E-state index in [1.807, 2.05) is 6.07 Å². The highest BCUT2D eigenvalue weighted by Gasteiger charge is 2.34. The lowest BCUT2D eigenvalue weighted by Gasteiger charge is -2.38. The van der Waals surface area contributed by atoms with Crippen LogP contribution in [0.5, 0.6) is 0 Å². The van der Waals surface area contributed by atoms with Crippen molar-refractivity contribution in [3.05, 3.63) is 58.3 Å². The first-order valence-electron chi connectivity index (χ1n) is 7.81. The molecule has 1 aliphatic rings. The summed E-state index contributed by atoms with van der Waals surface area (Å²) in [6, 6.07) is 10.4. The zero-order chi connectivity index (χ0) is 15.4. The minimum absolute atomic E-state index is 0.00573. The third-order valence-corrected chi connectivity index (χ3v) is 4.62. The Hall–Kier alpha value is -2.30. The normalized spacial score (nSPS) is 17.1. The average Bonchev–Trinajstić information content (AvgIpc) is 3.01. The summed E-state index contributed by atoms with van der Waals surface area (Å²) in [5, 5.41) is 2.99. The van der Waals surface area contributed by atoms with Crippen molar-refractivity contribution < 1.29 is 4.79 Å². The first-order chi connectivity index (χ1) is 10.7. The number of nitrogens with one attached hydrogen (secondary N) is 3. The van der Waals surface area contributed by atoms with Crippen LogP contribution >= 0.6 is 0 Å². The van der Waals surface area contributed by atoms with Crippen LogP contribution in [0.25, 0.3) is 0 Å². The molecule has 0 unspecified atom stereocenters. The number of aromatic amines is 2. The molecule has 0 atom stereocenters. The Balaban J connectivity index is 1.76. The molecule has 1 heterocycles. The molecule has 5 heteroatoms. The molecule has 0 spiro atoms. The molecule has 1 fully saturated rings. The topological polar surface area (TPSA) is 77.8 Å². The predicted octanol–water partition coefficient (Wildman–Crippen LogP) is 2.33. The summed E-state index contributed by atoms with van der Waals surface area (Å²) in [7, 11) is 0. The van der Waals surface area contributed by atoms with E-state index in [0.29, 0.717) is 6.54 Å². The number of H-pyrrole nitrogens is 2. The van der Waals surface area contributed by atoms with Crippen LogP contribution in [0.1, 0.15) is 48.2 Å². The Morgan fingerprint density at radius 3 is 2.50 bits per heavy atom. The molecule has 1 aromatic heterocycles.